The van der Waals surface area contributed by atoms with Gasteiger partial charge in [0.05, 0.1) is 16.5 Å². The number of carbonyl (C=O) groups is 1. The van der Waals surface area contributed by atoms with Gasteiger partial charge in [0.25, 0.3) is 0 Å². The van der Waals surface area contributed by atoms with Crippen LogP contribution in [0.5, 0.6) is 0 Å². The van der Waals surface area contributed by atoms with Gasteiger partial charge in [0.15, 0.2) is 0 Å². The summed E-state index contributed by atoms with van der Waals surface area (Å²) < 4.78 is 27.7. The fourth-order valence-electron chi connectivity index (χ4n) is 3.73. The summed E-state index contributed by atoms with van der Waals surface area (Å²) in [5.41, 5.74) is 2.74. The van der Waals surface area contributed by atoms with Gasteiger partial charge in [-0.05, 0) is 67.1 Å². The van der Waals surface area contributed by atoms with E-state index >= 15 is 0 Å². The molecule has 0 fully saturated rings. The molecule has 2 aromatic carbocycles. The summed E-state index contributed by atoms with van der Waals surface area (Å²) in [6.45, 7) is 7.76. The molecule has 3 N–H and O–H groups in total. The van der Waals surface area contributed by atoms with Gasteiger partial charge in [0.2, 0.25) is 10.0 Å². The van der Waals surface area contributed by atoms with E-state index in [9.17, 15) is 18.3 Å². The van der Waals surface area contributed by atoms with E-state index in [1.54, 1.807) is 50.2 Å². The summed E-state index contributed by atoms with van der Waals surface area (Å²) in [7, 11) is -3.58. The molecule has 7 heteroatoms. The number of benzene rings is 2. The van der Waals surface area contributed by atoms with Gasteiger partial charge in [-0.2, -0.15) is 0 Å². The van der Waals surface area contributed by atoms with E-state index in [0.29, 0.717) is 6.42 Å². The van der Waals surface area contributed by atoms with Crippen molar-refractivity contribution in [3.8, 4) is 0 Å². The van der Waals surface area contributed by atoms with Crippen LogP contribution in [0.3, 0.4) is 0 Å². The van der Waals surface area contributed by atoms with E-state index < -0.39 is 16.0 Å². The third kappa shape index (κ3) is 4.05. The van der Waals surface area contributed by atoms with Crippen molar-refractivity contribution in [3.05, 3.63) is 59.2 Å². The van der Waals surface area contributed by atoms with Crippen molar-refractivity contribution < 1.29 is 18.3 Å². The molecule has 3 rings (SSSR count). The lowest BCUT2D eigenvalue weighted by molar-refractivity contribution is 0.0696. The van der Waals surface area contributed by atoms with Crippen molar-refractivity contribution in [1.82, 2.24) is 4.72 Å². The number of nitrogens with one attached hydrogen (secondary N) is 2. The molecular weight excluding hydrogens is 376 g/mol. The van der Waals surface area contributed by atoms with Gasteiger partial charge >= 0.3 is 5.97 Å². The summed E-state index contributed by atoms with van der Waals surface area (Å²) in [5.74, 6) is -0.946. The first kappa shape index (κ1) is 20.4. The van der Waals surface area contributed by atoms with Gasteiger partial charge in [0.1, 0.15) is 0 Å². The molecule has 1 aliphatic heterocycles. The maximum Gasteiger partial charge on any atom is 0.335 e. The second kappa shape index (κ2) is 7.22. The maximum atomic E-state index is 12.6. The standard InChI is InChI=1S/C21H26N2O4S/c1-13(2)23-28(26,27)17-7-5-6-14(11-17)19-21(3,4)12-16-10-15(20(24)25)8-9-18(16)22-19/h5-11,13,19,22-23H,12H2,1-4H3,(H,24,25). The van der Waals surface area contributed by atoms with Crippen LogP contribution in [0.2, 0.25) is 0 Å². The Morgan fingerprint density at radius 2 is 1.93 bits per heavy atom. The third-order valence-electron chi connectivity index (χ3n) is 4.97. The minimum Gasteiger partial charge on any atom is -0.478 e. The largest absolute Gasteiger partial charge is 0.478 e. The first-order valence-electron chi connectivity index (χ1n) is 9.25. The smallest absolute Gasteiger partial charge is 0.335 e. The Balaban J connectivity index is 1.98. The average molecular weight is 403 g/mol. The van der Waals surface area contributed by atoms with Crippen LogP contribution in [0.15, 0.2) is 47.4 Å². The molecule has 0 saturated heterocycles. The zero-order valence-electron chi connectivity index (χ0n) is 16.5. The van der Waals surface area contributed by atoms with Crippen LogP contribution < -0.4 is 10.0 Å². The molecule has 1 aliphatic rings. The summed E-state index contributed by atoms with van der Waals surface area (Å²) >= 11 is 0. The lowest BCUT2D eigenvalue weighted by Crippen LogP contribution is -2.35. The minimum atomic E-state index is -3.58. The van der Waals surface area contributed by atoms with Gasteiger partial charge in [-0.3, -0.25) is 0 Å². The number of anilines is 1. The van der Waals surface area contributed by atoms with Crippen LogP contribution in [-0.2, 0) is 16.4 Å². The average Bonchev–Trinajstić information content (AvgIpc) is 2.58. The molecule has 1 unspecified atom stereocenters. The zero-order chi connectivity index (χ0) is 20.7. The number of sulfonamides is 1. The molecule has 0 aliphatic carbocycles. The molecule has 0 saturated carbocycles. The normalized spacial score (nSPS) is 18.4. The van der Waals surface area contributed by atoms with E-state index in [0.717, 1.165) is 16.8 Å². The number of carboxylic acid groups (broad SMARTS) is 1. The minimum absolute atomic E-state index is 0.107. The quantitative estimate of drug-likeness (QED) is 0.707. The Labute approximate surface area is 166 Å². The molecule has 28 heavy (non-hydrogen) atoms. The summed E-state index contributed by atoms with van der Waals surface area (Å²) in [6.07, 6.45) is 0.683. The number of carboxylic acids is 1. The van der Waals surface area contributed by atoms with Crippen LogP contribution in [0.25, 0.3) is 0 Å². The van der Waals surface area contributed by atoms with Gasteiger partial charge in [-0.15, -0.1) is 0 Å². The van der Waals surface area contributed by atoms with Crippen LogP contribution in [0.1, 0.15) is 55.2 Å². The highest BCUT2D eigenvalue weighted by atomic mass is 32.2. The van der Waals surface area contributed by atoms with E-state index in [2.05, 4.69) is 23.9 Å². The van der Waals surface area contributed by atoms with E-state index in [-0.39, 0.29) is 28.0 Å². The lowest BCUT2D eigenvalue weighted by Gasteiger charge is -2.41. The molecule has 0 radical (unpaired) electrons. The van der Waals surface area contributed by atoms with Gasteiger partial charge in [-0.1, -0.05) is 26.0 Å². The molecule has 0 aromatic heterocycles. The zero-order valence-corrected chi connectivity index (χ0v) is 17.3. The number of hydrogen-bond acceptors (Lipinski definition) is 4. The van der Waals surface area contributed by atoms with Crippen molar-refractivity contribution in [3.63, 3.8) is 0 Å². The van der Waals surface area contributed by atoms with Crippen LogP contribution >= 0.6 is 0 Å². The number of fused-ring (bicyclic) bond motifs is 1. The third-order valence-corrected chi connectivity index (χ3v) is 6.63. The highest BCUT2D eigenvalue weighted by molar-refractivity contribution is 7.89. The second-order valence-corrected chi connectivity index (χ2v) is 9.98. The Kier molecular flexibility index (Phi) is 5.25. The fourth-order valence-corrected chi connectivity index (χ4v) is 5.04. The highest BCUT2D eigenvalue weighted by Gasteiger charge is 2.36. The predicted molar refractivity (Wildman–Crippen MR) is 109 cm³/mol. The molecule has 150 valence electrons. The van der Waals surface area contributed by atoms with Crippen LogP contribution in [0.4, 0.5) is 5.69 Å². The predicted octanol–water partition coefficient (Wildman–Crippen LogP) is 3.81. The highest BCUT2D eigenvalue weighted by Crippen LogP contribution is 2.45. The van der Waals surface area contributed by atoms with E-state index in [1.807, 2.05) is 6.07 Å². The Morgan fingerprint density at radius 1 is 1.21 bits per heavy atom. The Hall–Kier alpha value is -2.38. The van der Waals surface area contributed by atoms with Gasteiger partial charge in [-0.25, -0.2) is 17.9 Å². The van der Waals surface area contributed by atoms with Crippen molar-refractivity contribution in [1.29, 1.82) is 0 Å². The number of hydrogen-bond donors (Lipinski definition) is 3. The summed E-state index contributed by atoms with van der Waals surface area (Å²) in [6, 6.07) is 11.8. The molecule has 0 bridgehead atoms. The fraction of sp³-hybridized carbons (Fsp3) is 0.381. The molecular formula is C21H26N2O4S. The molecule has 0 spiro atoms. The van der Waals surface area contributed by atoms with Crippen molar-refractivity contribution >= 4 is 21.7 Å². The monoisotopic (exact) mass is 402 g/mol. The van der Waals surface area contributed by atoms with Crippen molar-refractivity contribution in [2.24, 2.45) is 5.41 Å². The van der Waals surface area contributed by atoms with Gasteiger partial charge in [0, 0.05) is 11.7 Å². The molecule has 1 heterocycles. The Morgan fingerprint density at radius 3 is 2.57 bits per heavy atom. The van der Waals surface area contributed by atoms with Crippen molar-refractivity contribution in [2.45, 2.75) is 51.1 Å². The SMILES string of the molecule is CC(C)NS(=O)(=O)c1cccc(C2Nc3ccc(C(=O)O)cc3CC2(C)C)c1. The molecule has 2 aromatic rings. The lowest BCUT2D eigenvalue weighted by atomic mass is 9.73. The summed E-state index contributed by atoms with van der Waals surface area (Å²) in [4.78, 5) is 11.5. The van der Waals surface area contributed by atoms with Crippen LogP contribution in [-0.4, -0.2) is 25.5 Å². The maximum absolute atomic E-state index is 12.6. The van der Waals surface area contributed by atoms with E-state index in [4.69, 9.17) is 0 Å². The van der Waals surface area contributed by atoms with Crippen molar-refractivity contribution in [2.75, 3.05) is 5.32 Å². The molecule has 0 amide bonds. The van der Waals surface area contributed by atoms with E-state index in [1.165, 1.54) is 0 Å². The van der Waals surface area contributed by atoms with Crippen LogP contribution in [0, 0.1) is 5.41 Å². The van der Waals surface area contributed by atoms with Gasteiger partial charge < -0.3 is 10.4 Å². The topological polar surface area (TPSA) is 95.5 Å². The first-order chi connectivity index (χ1) is 13.0. The molecule has 1 atom stereocenters. The number of aromatic carboxylic acids is 1. The molecule has 6 nitrogen and oxygen atoms in total. The first-order valence-corrected chi connectivity index (χ1v) is 10.7. The second-order valence-electron chi connectivity index (χ2n) is 8.27. The number of rotatable bonds is 5. The Bertz CT molecular complexity index is 1010. The summed E-state index contributed by atoms with van der Waals surface area (Å²) in [5, 5.41) is 12.7.